The molecule has 0 amide bonds. The van der Waals surface area contributed by atoms with E-state index < -0.39 is 29.9 Å². The average molecular weight is 356 g/mol. The summed E-state index contributed by atoms with van der Waals surface area (Å²) in [6, 6.07) is 16.4. The van der Waals surface area contributed by atoms with Crippen LogP contribution in [0.3, 0.4) is 0 Å². The minimum absolute atomic E-state index is 0.616. The van der Waals surface area contributed by atoms with Crippen molar-refractivity contribution in [2.24, 2.45) is 0 Å². The molecule has 136 valence electrons. The fraction of sp³-hybridized carbons (Fsp3) is 0.300. The van der Waals surface area contributed by atoms with E-state index in [2.05, 4.69) is 0 Å². The Kier molecular flexibility index (Phi) is 5.06. The molecule has 1 aliphatic rings. The van der Waals surface area contributed by atoms with Gasteiger partial charge in [-0.3, -0.25) is 0 Å². The molecule has 0 N–H and O–H groups in total. The molecule has 1 saturated heterocycles. The van der Waals surface area contributed by atoms with E-state index in [9.17, 15) is 9.59 Å². The van der Waals surface area contributed by atoms with Crippen LogP contribution >= 0.6 is 0 Å². The molecule has 0 spiro atoms. The lowest BCUT2D eigenvalue weighted by Gasteiger charge is -2.27. The van der Waals surface area contributed by atoms with E-state index in [-0.39, 0.29) is 0 Å². The van der Waals surface area contributed by atoms with Crippen LogP contribution in [-0.4, -0.2) is 31.8 Å². The number of carbonyl (C=O) groups is 2. The summed E-state index contributed by atoms with van der Waals surface area (Å²) < 4.78 is 21.6. The van der Waals surface area contributed by atoms with E-state index in [1.165, 1.54) is 14.2 Å². The normalized spacial score (nSPS) is 21.2. The van der Waals surface area contributed by atoms with Gasteiger partial charge >= 0.3 is 11.9 Å². The third-order valence-corrected chi connectivity index (χ3v) is 4.35. The predicted molar refractivity (Wildman–Crippen MR) is 92.0 cm³/mol. The number of rotatable bonds is 4. The highest BCUT2D eigenvalue weighted by Gasteiger charge is 2.64. The average Bonchev–Trinajstić information content (AvgIpc) is 3.10. The minimum Gasteiger partial charge on any atom is -0.466 e. The molecular weight excluding hydrogens is 336 g/mol. The van der Waals surface area contributed by atoms with Crippen LogP contribution in [0.25, 0.3) is 0 Å². The van der Waals surface area contributed by atoms with Crippen molar-refractivity contribution in [3.05, 3.63) is 71.3 Å². The van der Waals surface area contributed by atoms with Crippen LogP contribution in [0, 0.1) is 6.92 Å². The van der Waals surface area contributed by atoms with Gasteiger partial charge in [0, 0.05) is 5.56 Å². The van der Waals surface area contributed by atoms with Crippen LogP contribution in [0.2, 0.25) is 0 Å². The number of methoxy groups -OCH3 is 2. The van der Waals surface area contributed by atoms with Gasteiger partial charge in [-0.1, -0.05) is 60.2 Å². The lowest BCUT2D eigenvalue weighted by Crippen LogP contribution is -2.52. The van der Waals surface area contributed by atoms with E-state index in [0.717, 1.165) is 5.56 Å². The van der Waals surface area contributed by atoms with Crippen LogP contribution < -0.4 is 0 Å². The van der Waals surface area contributed by atoms with E-state index in [1.807, 2.05) is 37.3 Å². The molecule has 0 radical (unpaired) electrons. The van der Waals surface area contributed by atoms with E-state index in [0.29, 0.717) is 11.1 Å². The van der Waals surface area contributed by atoms with Crippen molar-refractivity contribution in [2.45, 2.75) is 24.9 Å². The smallest absolute Gasteiger partial charge is 0.353 e. The summed E-state index contributed by atoms with van der Waals surface area (Å²) >= 11 is 0. The summed E-state index contributed by atoms with van der Waals surface area (Å²) in [5.41, 5.74) is 0.289. The third kappa shape index (κ3) is 2.98. The molecular formula is C20H20O6. The molecule has 0 saturated carbocycles. The molecule has 26 heavy (non-hydrogen) atoms. The Morgan fingerprint density at radius 3 is 2.00 bits per heavy atom. The van der Waals surface area contributed by atoms with Crippen molar-refractivity contribution < 1.29 is 28.5 Å². The Hall–Kier alpha value is -2.70. The molecule has 1 unspecified atom stereocenters. The van der Waals surface area contributed by atoms with E-state index >= 15 is 0 Å². The molecule has 2 aromatic rings. The van der Waals surface area contributed by atoms with Crippen LogP contribution in [0.1, 0.15) is 29.1 Å². The lowest BCUT2D eigenvalue weighted by atomic mass is 9.90. The summed E-state index contributed by atoms with van der Waals surface area (Å²) in [5, 5.41) is 0. The maximum atomic E-state index is 12.6. The number of ether oxygens (including phenoxy) is 4. The summed E-state index contributed by atoms with van der Waals surface area (Å²) in [7, 11) is 2.39. The summed E-state index contributed by atoms with van der Waals surface area (Å²) in [5.74, 6) is -1.73. The topological polar surface area (TPSA) is 71.1 Å². The minimum atomic E-state index is -2.04. The molecule has 2 atom stereocenters. The number of aryl methyl sites for hydroxylation is 1. The van der Waals surface area contributed by atoms with Crippen molar-refractivity contribution in [3.8, 4) is 0 Å². The Labute approximate surface area is 151 Å². The second-order valence-electron chi connectivity index (χ2n) is 6.01. The highest BCUT2D eigenvalue weighted by molar-refractivity contribution is 6.05. The van der Waals surface area contributed by atoms with Gasteiger partial charge in [-0.05, 0) is 12.5 Å². The molecule has 3 rings (SSSR count). The highest BCUT2D eigenvalue weighted by Crippen LogP contribution is 2.48. The lowest BCUT2D eigenvalue weighted by molar-refractivity contribution is -0.188. The number of hydrogen-bond acceptors (Lipinski definition) is 6. The SMILES string of the molecule is COC(=O)C1(C(=O)OC)OC(c2ccccc2)O[C@@H]1c1ccc(C)cc1. The van der Waals surface area contributed by atoms with Gasteiger partial charge in [0.25, 0.3) is 5.60 Å². The second kappa shape index (κ2) is 7.27. The maximum Gasteiger partial charge on any atom is 0.353 e. The first kappa shape index (κ1) is 18.1. The fourth-order valence-corrected chi connectivity index (χ4v) is 2.99. The zero-order chi connectivity index (χ0) is 18.7. The van der Waals surface area contributed by atoms with Crippen molar-refractivity contribution in [3.63, 3.8) is 0 Å². The van der Waals surface area contributed by atoms with Crippen molar-refractivity contribution in [1.29, 1.82) is 0 Å². The number of esters is 2. The monoisotopic (exact) mass is 356 g/mol. The molecule has 2 aromatic carbocycles. The van der Waals surface area contributed by atoms with Crippen LogP contribution in [-0.2, 0) is 28.5 Å². The Morgan fingerprint density at radius 1 is 0.885 bits per heavy atom. The molecule has 6 heteroatoms. The summed E-state index contributed by atoms with van der Waals surface area (Å²) in [6.07, 6.45) is -1.92. The van der Waals surface area contributed by atoms with E-state index in [4.69, 9.17) is 18.9 Å². The fourth-order valence-electron chi connectivity index (χ4n) is 2.99. The Balaban J connectivity index is 2.11. The quantitative estimate of drug-likeness (QED) is 0.620. The first-order valence-electron chi connectivity index (χ1n) is 8.14. The first-order chi connectivity index (χ1) is 12.5. The first-order valence-corrected chi connectivity index (χ1v) is 8.14. The largest absolute Gasteiger partial charge is 0.466 e. The van der Waals surface area contributed by atoms with Gasteiger partial charge in [0.05, 0.1) is 14.2 Å². The molecule has 1 aliphatic heterocycles. The van der Waals surface area contributed by atoms with Crippen molar-refractivity contribution in [2.75, 3.05) is 14.2 Å². The molecule has 0 aliphatic carbocycles. The van der Waals surface area contributed by atoms with E-state index in [1.54, 1.807) is 24.3 Å². The number of benzene rings is 2. The van der Waals surface area contributed by atoms with Crippen molar-refractivity contribution in [1.82, 2.24) is 0 Å². The van der Waals surface area contributed by atoms with Gasteiger partial charge in [-0.25, -0.2) is 9.59 Å². The standard InChI is InChI=1S/C20H20O6/c1-13-9-11-14(12-10-13)16-20(18(21)23-2,19(22)24-3)26-17(25-16)15-7-5-4-6-8-15/h4-12,16-17H,1-3H3/t16-,17?/m1/s1. The zero-order valence-electron chi connectivity index (χ0n) is 14.8. The third-order valence-electron chi connectivity index (χ3n) is 4.35. The van der Waals surface area contributed by atoms with Gasteiger partial charge in [-0.15, -0.1) is 0 Å². The number of carbonyl (C=O) groups excluding carboxylic acids is 2. The number of hydrogen-bond donors (Lipinski definition) is 0. The van der Waals surface area contributed by atoms with Gasteiger partial charge in [0.15, 0.2) is 6.29 Å². The maximum absolute atomic E-state index is 12.6. The second-order valence-corrected chi connectivity index (χ2v) is 6.01. The van der Waals surface area contributed by atoms with Crippen LogP contribution in [0.4, 0.5) is 0 Å². The van der Waals surface area contributed by atoms with Gasteiger partial charge in [-0.2, -0.15) is 0 Å². The summed E-state index contributed by atoms with van der Waals surface area (Å²) in [4.78, 5) is 25.3. The van der Waals surface area contributed by atoms with Gasteiger partial charge < -0.3 is 18.9 Å². The van der Waals surface area contributed by atoms with Gasteiger partial charge in [0.1, 0.15) is 6.10 Å². The van der Waals surface area contributed by atoms with Gasteiger partial charge in [0.2, 0.25) is 0 Å². The Morgan fingerprint density at radius 2 is 1.46 bits per heavy atom. The molecule has 6 nitrogen and oxygen atoms in total. The highest BCUT2D eigenvalue weighted by atomic mass is 16.8. The molecule has 1 heterocycles. The molecule has 0 aromatic heterocycles. The molecule has 1 fully saturated rings. The molecule has 0 bridgehead atoms. The zero-order valence-corrected chi connectivity index (χ0v) is 14.8. The van der Waals surface area contributed by atoms with Crippen LogP contribution in [0.5, 0.6) is 0 Å². The van der Waals surface area contributed by atoms with Crippen LogP contribution in [0.15, 0.2) is 54.6 Å². The summed E-state index contributed by atoms with van der Waals surface area (Å²) in [6.45, 7) is 1.94. The van der Waals surface area contributed by atoms with Crippen molar-refractivity contribution >= 4 is 11.9 Å². The Bertz CT molecular complexity index is 768. The predicted octanol–water partition coefficient (Wildman–Crippen LogP) is 2.87.